The summed E-state index contributed by atoms with van der Waals surface area (Å²) in [5.74, 6) is -0.528. The third-order valence-corrected chi connectivity index (χ3v) is 1.67. The van der Waals surface area contributed by atoms with E-state index in [1.807, 2.05) is 0 Å². The van der Waals surface area contributed by atoms with Crippen LogP contribution in [0.4, 0.5) is 0 Å². The fraction of sp³-hybridized carbons (Fsp3) is 0.500. The Hall–Kier alpha value is -0.960. The quantitative estimate of drug-likeness (QED) is 0.533. The third kappa shape index (κ3) is 2.63. The van der Waals surface area contributed by atoms with Crippen molar-refractivity contribution in [3.63, 3.8) is 0 Å². The molecular formula is C8H15NO2. The molecule has 3 heteroatoms. The first kappa shape index (κ1) is 10.0. The van der Waals surface area contributed by atoms with Gasteiger partial charge in [0.2, 0.25) is 0 Å². The third-order valence-electron chi connectivity index (χ3n) is 1.67. The SMILES string of the molecule is C=C(O)C(O)C(C)/C(N)=C\C. The molecule has 64 valence electrons. The maximum Gasteiger partial charge on any atom is 0.118 e. The van der Waals surface area contributed by atoms with Crippen LogP contribution >= 0.6 is 0 Å². The summed E-state index contributed by atoms with van der Waals surface area (Å²) in [7, 11) is 0. The minimum absolute atomic E-state index is 0.248. The fourth-order valence-electron chi connectivity index (χ4n) is 0.734. The van der Waals surface area contributed by atoms with Gasteiger partial charge in [-0.25, -0.2) is 0 Å². The second kappa shape index (κ2) is 4.03. The van der Waals surface area contributed by atoms with Crippen molar-refractivity contribution in [3.8, 4) is 0 Å². The van der Waals surface area contributed by atoms with E-state index in [-0.39, 0.29) is 11.7 Å². The molecule has 0 bridgehead atoms. The van der Waals surface area contributed by atoms with Gasteiger partial charge in [0.1, 0.15) is 11.9 Å². The molecule has 0 amide bonds. The summed E-state index contributed by atoms with van der Waals surface area (Å²) in [6.45, 7) is 6.72. The first-order chi connectivity index (χ1) is 5.00. The van der Waals surface area contributed by atoms with Gasteiger partial charge < -0.3 is 15.9 Å². The molecule has 0 aliphatic rings. The van der Waals surface area contributed by atoms with Gasteiger partial charge in [-0.1, -0.05) is 19.6 Å². The minimum atomic E-state index is -0.966. The lowest BCUT2D eigenvalue weighted by Crippen LogP contribution is -2.24. The van der Waals surface area contributed by atoms with Gasteiger partial charge in [0.15, 0.2) is 0 Å². The highest BCUT2D eigenvalue weighted by Crippen LogP contribution is 2.13. The van der Waals surface area contributed by atoms with Crippen molar-refractivity contribution >= 4 is 0 Å². The Bertz CT molecular complexity index is 175. The Morgan fingerprint density at radius 2 is 2.09 bits per heavy atom. The molecule has 4 N–H and O–H groups in total. The van der Waals surface area contributed by atoms with Crippen molar-refractivity contribution < 1.29 is 10.2 Å². The smallest absolute Gasteiger partial charge is 0.118 e. The number of rotatable bonds is 3. The van der Waals surface area contributed by atoms with Gasteiger partial charge in [-0.05, 0) is 6.92 Å². The van der Waals surface area contributed by atoms with E-state index < -0.39 is 6.10 Å². The molecule has 0 aromatic heterocycles. The molecule has 0 heterocycles. The van der Waals surface area contributed by atoms with Crippen LogP contribution in [0.15, 0.2) is 24.1 Å². The van der Waals surface area contributed by atoms with Crippen LogP contribution in [0.2, 0.25) is 0 Å². The summed E-state index contributed by atoms with van der Waals surface area (Å²) in [6.07, 6.45) is 0.725. The molecule has 0 aromatic carbocycles. The Balaban J connectivity index is 4.24. The Kier molecular flexibility index (Phi) is 3.68. The molecule has 0 spiro atoms. The fourth-order valence-corrected chi connectivity index (χ4v) is 0.734. The molecule has 0 radical (unpaired) electrons. The summed E-state index contributed by atoms with van der Waals surface area (Å²) in [5.41, 5.74) is 6.05. The molecule has 2 atom stereocenters. The van der Waals surface area contributed by atoms with E-state index in [0.717, 1.165) is 0 Å². The molecule has 11 heavy (non-hydrogen) atoms. The molecule has 0 fully saturated rings. The normalized spacial score (nSPS) is 17.5. The highest BCUT2D eigenvalue weighted by atomic mass is 16.3. The molecular weight excluding hydrogens is 142 g/mol. The van der Waals surface area contributed by atoms with Gasteiger partial charge in [-0.15, -0.1) is 0 Å². The average Bonchev–Trinajstić information content (AvgIpc) is 2.00. The summed E-state index contributed by atoms with van der Waals surface area (Å²) in [4.78, 5) is 0. The topological polar surface area (TPSA) is 66.5 Å². The number of nitrogens with two attached hydrogens (primary N) is 1. The number of hydrogen-bond acceptors (Lipinski definition) is 3. The lowest BCUT2D eigenvalue weighted by atomic mass is 10.00. The molecule has 3 nitrogen and oxygen atoms in total. The second-order valence-corrected chi connectivity index (χ2v) is 2.51. The van der Waals surface area contributed by atoms with Crippen molar-refractivity contribution in [1.82, 2.24) is 0 Å². The maximum atomic E-state index is 9.23. The first-order valence-electron chi connectivity index (χ1n) is 3.48. The number of aliphatic hydroxyl groups excluding tert-OH is 2. The number of allylic oxidation sites excluding steroid dienone is 1. The van der Waals surface area contributed by atoms with Gasteiger partial charge in [0.25, 0.3) is 0 Å². The van der Waals surface area contributed by atoms with Crippen LogP contribution in [0.5, 0.6) is 0 Å². The average molecular weight is 157 g/mol. The number of hydrogen-bond donors (Lipinski definition) is 3. The predicted molar refractivity (Wildman–Crippen MR) is 44.9 cm³/mol. The van der Waals surface area contributed by atoms with Gasteiger partial charge in [-0.2, -0.15) is 0 Å². The Morgan fingerprint density at radius 3 is 2.36 bits per heavy atom. The van der Waals surface area contributed by atoms with Gasteiger partial charge >= 0.3 is 0 Å². The van der Waals surface area contributed by atoms with Crippen LogP contribution in [0.1, 0.15) is 13.8 Å². The van der Waals surface area contributed by atoms with Crippen molar-refractivity contribution in [2.45, 2.75) is 20.0 Å². The molecule has 0 aliphatic carbocycles. The van der Waals surface area contributed by atoms with Gasteiger partial charge in [0.05, 0.1) is 0 Å². The Labute approximate surface area is 66.8 Å². The summed E-state index contributed by atoms with van der Waals surface area (Å²) in [5, 5.41) is 18.0. The molecule has 0 aromatic rings. The second-order valence-electron chi connectivity index (χ2n) is 2.51. The summed E-state index contributed by atoms with van der Waals surface area (Å²) in [6, 6.07) is 0. The minimum Gasteiger partial charge on any atom is -0.510 e. The van der Waals surface area contributed by atoms with Crippen LogP contribution in [0.3, 0.4) is 0 Å². The molecule has 0 aliphatic heterocycles. The summed E-state index contributed by atoms with van der Waals surface area (Å²) >= 11 is 0. The molecule has 2 unspecified atom stereocenters. The van der Waals surface area contributed by atoms with E-state index in [1.54, 1.807) is 19.9 Å². The van der Waals surface area contributed by atoms with Crippen molar-refractivity contribution in [2.75, 3.05) is 0 Å². The Morgan fingerprint density at radius 1 is 1.64 bits per heavy atom. The van der Waals surface area contributed by atoms with Crippen LogP contribution < -0.4 is 5.73 Å². The van der Waals surface area contributed by atoms with Crippen LogP contribution in [0, 0.1) is 5.92 Å². The highest BCUT2D eigenvalue weighted by molar-refractivity contribution is 5.07. The zero-order valence-corrected chi connectivity index (χ0v) is 6.91. The van der Waals surface area contributed by atoms with Crippen molar-refractivity contribution in [1.29, 1.82) is 0 Å². The van der Waals surface area contributed by atoms with E-state index in [1.165, 1.54) is 0 Å². The summed E-state index contributed by atoms with van der Waals surface area (Å²) < 4.78 is 0. The lowest BCUT2D eigenvalue weighted by Gasteiger charge is -2.17. The van der Waals surface area contributed by atoms with Gasteiger partial charge in [0, 0.05) is 11.6 Å². The molecule has 0 saturated heterocycles. The zero-order chi connectivity index (χ0) is 9.02. The lowest BCUT2D eigenvalue weighted by molar-refractivity contribution is 0.118. The standard InChI is InChI=1S/C8H15NO2/c1-4-7(9)5(2)8(11)6(3)10/h4-5,8,10-11H,3,9H2,1-2H3/b7-4+. The van der Waals surface area contributed by atoms with E-state index in [0.29, 0.717) is 5.70 Å². The maximum absolute atomic E-state index is 9.23. The largest absolute Gasteiger partial charge is 0.510 e. The zero-order valence-electron chi connectivity index (χ0n) is 6.91. The molecule has 0 saturated carbocycles. The van der Waals surface area contributed by atoms with Crippen LogP contribution in [-0.2, 0) is 0 Å². The highest BCUT2D eigenvalue weighted by Gasteiger charge is 2.18. The van der Waals surface area contributed by atoms with E-state index in [4.69, 9.17) is 10.8 Å². The van der Waals surface area contributed by atoms with E-state index in [9.17, 15) is 5.11 Å². The van der Waals surface area contributed by atoms with Crippen molar-refractivity contribution in [3.05, 3.63) is 24.1 Å². The van der Waals surface area contributed by atoms with Crippen LogP contribution in [0.25, 0.3) is 0 Å². The van der Waals surface area contributed by atoms with Gasteiger partial charge in [-0.3, -0.25) is 0 Å². The first-order valence-corrected chi connectivity index (χ1v) is 3.48. The van der Waals surface area contributed by atoms with Crippen molar-refractivity contribution in [2.24, 2.45) is 11.7 Å². The number of aliphatic hydroxyl groups is 2. The monoisotopic (exact) mass is 157 g/mol. The van der Waals surface area contributed by atoms with E-state index in [2.05, 4.69) is 6.58 Å². The molecule has 0 rings (SSSR count). The van der Waals surface area contributed by atoms with Crippen LogP contribution in [-0.4, -0.2) is 16.3 Å². The predicted octanol–water partition coefficient (Wildman–Crippen LogP) is 0.918. The van der Waals surface area contributed by atoms with E-state index >= 15 is 0 Å².